The van der Waals surface area contributed by atoms with E-state index in [1.54, 1.807) is 6.20 Å². The van der Waals surface area contributed by atoms with Gasteiger partial charge in [0.15, 0.2) is 5.16 Å². The van der Waals surface area contributed by atoms with E-state index in [9.17, 15) is 9.59 Å². The molecule has 3 aromatic heterocycles. The van der Waals surface area contributed by atoms with Gasteiger partial charge in [0.05, 0.1) is 17.4 Å². The highest BCUT2D eigenvalue weighted by Gasteiger charge is 2.28. The Kier molecular flexibility index (Phi) is 6.21. The number of imidazole rings is 1. The van der Waals surface area contributed by atoms with Gasteiger partial charge >= 0.3 is 0 Å². The number of hydrogen-bond donors (Lipinski definition) is 4. The number of carbonyl (C=O) groups is 2. The van der Waals surface area contributed by atoms with Crippen molar-refractivity contribution in [1.29, 1.82) is 0 Å². The summed E-state index contributed by atoms with van der Waals surface area (Å²) in [6.45, 7) is 1.46. The summed E-state index contributed by atoms with van der Waals surface area (Å²) in [6, 6.07) is 17.5. The standard InChI is InChI=1S/C29H26N6O2S/c1-16(36)32-25-15-17(11-13-31-25)26-27(35-29(34-26)38-2)21-6-3-5-19-18(21)9-10-24(19)33-28(37)22-7-4-8-23-20(22)12-14-30-23/h3-8,11-15,24,30H,9-10H2,1-2H3,(H,33,37)(H,34,35)(H,31,32,36). The number of aromatic amines is 2. The predicted molar refractivity (Wildman–Crippen MR) is 150 cm³/mol. The molecule has 4 N–H and O–H groups in total. The summed E-state index contributed by atoms with van der Waals surface area (Å²) in [6.07, 6.45) is 7.16. The third kappa shape index (κ3) is 4.35. The molecule has 38 heavy (non-hydrogen) atoms. The van der Waals surface area contributed by atoms with Crippen molar-refractivity contribution in [2.45, 2.75) is 31.0 Å². The van der Waals surface area contributed by atoms with E-state index < -0.39 is 0 Å². The third-order valence-corrected chi connectivity index (χ3v) is 7.48. The number of rotatable bonds is 6. The van der Waals surface area contributed by atoms with Crippen molar-refractivity contribution < 1.29 is 9.59 Å². The summed E-state index contributed by atoms with van der Waals surface area (Å²) in [4.78, 5) is 40.6. The van der Waals surface area contributed by atoms with Crippen LogP contribution in [-0.4, -0.2) is 38.0 Å². The van der Waals surface area contributed by atoms with Crippen LogP contribution in [0.5, 0.6) is 0 Å². The molecule has 6 rings (SSSR count). The largest absolute Gasteiger partial charge is 0.361 e. The number of pyridine rings is 1. The fourth-order valence-corrected chi connectivity index (χ4v) is 5.62. The highest BCUT2D eigenvalue weighted by Crippen LogP contribution is 2.41. The zero-order valence-electron chi connectivity index (χ0n) is 21.0. The average Bonchev–Trinajstić information content (AvgIpc) is 3.66. The molecule has 1 aliphatic carbocycles. The molecule has 1 aliphatic rings. The molecular formula is C29H26N6O2S. The number of nitrogens with zero attached hydrogens (tertiary/aromatic N) is 2. The Morgan fingerprint density at radius 1 is 1.11 bits per heavy atom. The first-order chi connectivity index (χ1) is 18.5. The van der Waals surface area contributed by atoms with Gasteiger partial charge in [-0.15, -0.1) is 0 Å². The van der Waals surface area contributed by atoms with E-state index in [0.29, 0.717) is 11.4 Å². The Balaban J connectivity index is 1.35. The number of fused-ring (bicyclic) bond motifs is 2. The number of aromatic nitrogens is 4. The fourth-order valence-electron chi connectivity index (χ4n) is 5.24. The number of nitrogens with one attached hydrogen (secondary N) is 4. The number of H-pyrrole nitrogens is 2. The minimum absolute atomic E-state index is 0.0763. The van der Waals surface area contributed by atoms with Gasteiger partial charge in [-0.25, -0.2) is 9.97 Å². The van der Waals surface area contributed by atoms with Gasteiger partial charge in [0, 0.05) is 46.9 Å². The molecule has 0 aliphatic heterocycles. The van der Waals surface area contributed by atoms with Crippen molar-refractivity contribution in [2.75, 3.05) is 11.6 Å². The minimum Gasteiger partial charge on any atom is -0.361 e. The normalized spacial score (nSPS) is 14.4. The Hall–Kier alpha value is -4.37. The number of hydrogen-bond acceptors (Lipinski definition) is 5. The number of amides is 2. The van der Waals surface area contributed by atoms with E-state index in [1.165, 1.54) is 24.2 Å². The maximum absolute atomic E-state index is 13.3. The lowest BCUT2D eigenvalue weighted by Crippen LogP contribution is -2.27. The lowest BCUT2D eigenvalue weighted by molar-refractivity contribution is -0.114. The molecule has 2 aromatic carbocycles. The topological polar surface area (TPSA) is 116 Å². The van der Waals surface area contributed by atoms with Crippen LogP contribution in [0.2, 0.25) is 0 Å². The van der Waals surface area contributed by atoms with Crippen LogP contribution in [-0.2, 0) is 11.2 Å². The van der Waals surface area contributed by atoms with Crippen molar-refractivity contribution in [3.8, 4) is 22.5 Å². The number of thioether (sulfide) groups is 1. The van der Waals surface area contributed by atoms with Crippen LogP contribution in [0.1, 0.15) is 40.9 Å². The quantitative estimate of drug-likeness (QED) is 0.213. The molecule has 0 saturated carbocycles. The van der Waals surface area contributed by atoms with Gasteiger partial charge in [-0.1, -0.05) is 36.0 Å². The van der Waals surface area contributed by atoms with Crippen molar-refractivity contribution in [3.63, 3.8) is 0 Å². The highest BCUT2D eigenvalue weighted by atomic mass is 32.2. The number of benzene rings is 2. The molecule has 5 aromatic rings. The highest BCUT2D eigenvalue weighted by molar-refractivity contribution is 7.98. The summed E-state index contributed by atoms with van der Waals surface area (Å²) < 4.78 is 0. The molecule has 0 bridgehead atoms. The monoisotopic (exact) mass is 522 g/mol. The summed E-state index contributed by atoms with van der Waals surface area (Å²) in [5, 5.41) is 7.73. The first-order valence-electron chi connectivity index (χ1n) is 12.4. The van der Waals surface area contributed by atoms with Gasteiger partial charge in [-0.05, 0) is 60.6 Å². The molecule has 0 spiro atoms. The average molecular weight is 523 g/mol. The lowest BCUT2D eigenvalue weighted by atomic mass is 9.97. The summed E-state index contributed by atoms with van der Waals surface area (Å²) in [5.41, 5.74) is 7.56. The van der Waals surface area contributed by atoms with Crippen molar-refractivity contribution in [1.82, 2.24) is 25.3 Å². The van der Waals surface area contributed by atoms with Crippen LogP contribution in [0.15, 0.2) is 72.1 Å². The number of carbonyl (C=O) groups excluding carboxylic acids is 2. The van der Waals surface area contributed by atoms with Gasteiger partial charge in [0.2, 0.25) is 5.91 Å². The Bertz CT molecular complexity index is 1690. The van der Waals surface area contributed by atoms with E-state index in [2.05, 4.69) is 37.7 Å². The van der Waals surface area contributed by atoms with Crippen LogP contribution in [0.25, 0.3) is 33.4 Å². The zero-order valence-corrected chi connectivity index (χ0v) is 21.8. The van der Waals surface area contributed by atoms with Gasteiger partial charge in [0.25, 0.3) is 5.91 Å². The summed E-state index contributed by atoms with van der Waals surface area (Å²) >= 11 is 1.54. The third-order valence-electron chi connectivity index (χ3n) is 6.90. The molecule has 3 heterocycles. The van der Waals surface area contributed by atoms with Gasteiger partial charge in [-0.2, -0.15) is 0 Å². The second-order valence-electron chi connectivity index (χ2n) is 9.26. The van der Waals surface area contributed by atoms with Gasteiger partial charge in [0.1, 0.15) is 5.82 Å². The van der Waals surface area contributed by atoms with Crippen LogP contribution in [0.4, 0.5) is 5.82 Å². The zero-order chi connectivity index (χ0) is 26.2. The molecule has 1 unspecified atom stereocenters. The predicted octanol–water partition coefficient (Wildman–Crippen LogP) is 5.72. The van der Waals surface area contributed by atoms with Crippen LogP contribution >= 0.6 is 11.8 Å². The SMILES string of the molecule is CSc1nc(-c2ccnc(NC(C)=O)c2)c(-c2cccc3c2CCC3NC(=O)c2cccc3[nH]ccc23)[nH]1. The molecule has 9 heteroatoms. The van der Waals surface area contributed by atoms with Crippen LogP contribution in [0.3, 0.4) is 0 Å². The van der Waals surface area contributed by atoms with E-state index in [1.807, 2.05) is 54.9 Å². The van der Waals surface area contributed by atoms with E-state index in [4.69, 9.17) is 4.98 Å². The minimum atomic E-state index is -0.177. The van der Waals surface area contributed by atoms with Crippen molar-refractivity contribution >= 4 is 40.3 Å². The second-order valence-corrected chi connectivity index (χ2v) is 10.1. The molecular weight excluding hydrogens is 496 g/mol. The molecule has 2 amide bonds. The molecule has 1 atom stereocenters. The van der Waals surface area contributed by atoms with Gasteiger partial charge < -0.3 is 20.6 Å². The Morgan fingerprint density at radius 3 is 2.82 bits per heavy atom. The lowest BCUT2D eigenvalue weighted by Gasteiger charge is -2.16. The Labute approximate surface area is 223 Å². The van der Waals surface area contributed by atoms with E-state index >= 15 is 0 Å². The second kappa shape index (κ2) is 9.83. The van der Waals surface area contributed by atoms with E-state index in [-0.39, 0.29) is 17.9 Å². The maximum Gasteiger partial charge on any atom is 0.252 e. The smallest absolute Gasteiger partial charge is 0.252 e. The first-order valence-corrected chi connectivity index (χ1v) is 13.6. The van der Waals surface area contributed by atoms with Gasteiger partial charge in [-0.3, -0.25) is 9.59 Å². The number of anilines is 1. The van der Waals surface area contributed by atoms with Crippen LogP contribution < -0.4 is 10.6 Å². The van der Waals surface area contributed by atoms with Crippen molar-refractivity contribution in [2.24, 2.45) is 0 Å². The molecule has 8 nitrogen and oxygen atoms in total. The summed E-state index contributed by atoms with van der Waals surface area (Å²) in [5.74, 6) is 0.226. The molecule has 0 saturated heterocycles. The first kappa shape index (κ1) is 24.0. The van der Waals surface area contributed by atoms with E-state index in [0.717, 1.165) is 57.0 Å². The maximum atomic E-state index is 13.3. The van der Waals surface area contributed by atoms with Crippen LogP contribution in [0, 0.1) is 0 Å². The Morgan fingerprint density at radius 2 is 1.97 bits per heavy atom. The fraction of sp³-hybridized carbons (Fsp3) is 0.172. The summed E-state index contributed by atoms with van der Waals surface area (Å²) in [7, 11) is 0. The van der Waals surface area contributed by atoms with Crippen molar-refractivity contribution in [3.05, 3.63) is 83.7 Å². The molecule has 0 radical (unpaired) electrons. The molecule has 0 fully saturated rings. The molecule has 190 valence electrons.